The van der Waals surface area contributed by atoms with Crippen LogP contribution in [0.1, 0.15) is 18.1 Å². The first-order valence-corrected chi connectivity index (χ1v) is 11.0. The van der Waals surface area contributed by atoms with Gasteiger partial charge in [-0.15, -0.1) is 0 Å². The molecule has 2 N–H and O–H groups in total. The molecule has 0 radical (unpaired) electrons. The first-order chi connectivity index (χ1) is 16.6. The molecule has 0 unspecified atom stereocenters. The molecule has 2 amide bonds. The third kappa shape index (κ3) is 5.05. The van der Waals surface area contributed by atoms with Gasteiger partial charge in [-0.1, -0.05) is 61.5 Å². The summed E-state index contributed by atoms with van der Waals surface area (Å²) in [6, 6.07) is 26.4. The highest BCUT2D eigenvalue weighted by Gasteiger charge is 2.15. The maximum absolute atomic E-state index is 12.9. The van der Waals surface area contributed by atoms with Crippen molar-refractivity contribution < 1.29 is 9.59 Å². The third-order valence-electron chi connectivity index (χ3n) is 5.50. The van der Waals surface area contributed by atoms with Crippen LogP contribution in [0.2, 0.25) is 0 Å². The van der Waals surface area contributed by atoms with Crippen LogP contribution in [0.4, 0.5) is 11.4 Å². The van der Waals surface area contributed by atoms with E-state index in [0.717, 1.165) is 28.6 Å². The van der Waals surface area contributed by atoms with Gasteiger partial charge in [0.1, 0.15) is 18.2 Å². The van der Waals surface area contributed by atoms with Crippen LogP contribution in [0.25, 0.3) is 17.0 Å². The monoisotopic (exact) mass is 448 g/mol. The molecule has 0 saturated heterocycles. The fourth-order valence-electron chi connectivity index (χ4n) is 3.84. The van der Waals surface area contributed by atoms with Crippen LogP contribution in [0, 0.1) is 11.3 Å². The number of amides is 2. The fraction of sp³-hybridized carbons (Fsp3) is 0.107. The second-order valence-electron chi connectivity index (χ2n) is 7.78. The van der Waals surface area contributed by atoms with Crippen LogP contribution in [-0.2, 0) is 22.6 Å². The van der Waals surface area contributed by atoms with Crippen molar-refractivity contribution in [1.82, 2.24) is 4.57 Å². The van der Waals surface area contributed by atoms with E-state index in [9.17, 15) is 14.9 Å². The normalized spacial score (nSPS) is 11.1. The molecular weight excluding hydrogens is 424 g/mol. The Bertz CT molecular complexity index is 1410. The standard InChI is InChI=1S/C28H24N4O2/c1-2-20-10-6-8-14-25(20)31-28(34)21(17-29)16-22-18-32(26-15-9-7-13-24(22)26)19-27(33)30-23-11-4-3-5-12-23/h3-16,18H,2,19H2,1H3,(H,30,33)(H,31,34)/b21-16-. The maximum Gasteiger partial charge on any atom is 0.266 e. The Morgan fingerprint density at radius 3 is 2.41 bits per heavy atom. The highest BCUT2D eigenvalue weighted by atomic mass is 16.2. The molecule has 0 aliphatic carbocycles. The molecule has 4 aromatic rings. The Morgan fingerprint density at radius 1 is 0.941 bits per heavy atom. The zero-order valence-electron chi connectivity index (χ0n) is 18.8. The number of rotatable bonds is 7. The number of carbonyl (C=O) groups excluding carboxylic acids is 2. The molecule has 0 saturated carbocycles. The lowest BCUT2D eigenvalue weighted by atomic mass is 10.1. The lowest BCUT2D eigenvalue weighted by Gasteiger charge is -2.08. The van der Waals surface area contributed by atoms with Crippen molar-refractivity contribution in [2.75, 3.05) is 10.6 Å². The van der Waals surface area contributed by atoms with Crippen molar-refractivity contribution >= 4 is 40.2 Å². The molecule has 4 rings (SSSR count). The average Bonchev–Trinajstić information content (AvgIpc) is 3.20. The number of aromatic nitrogens is 1. The zero-order chi connectivity index (χ0) is 23.9. The highest BCUT2D eigenvalue weighted by Crippen LogP contribution is 2.24. The predicted octanol–water partition coefficient (Wildman–Crippen LogP) is 5.39. The van der Waals surface area contributed by atoms with E-state index in [1.54, 1.807) is 12.3 Å². The summed E-state index contributed by atoms with van der Waals surface area (Å²) < 4.78 is 1.82. The van der Waals surface area contributed by atoms with Gasteiger partial charge in [0.2, 0.25) is 5.91 Å². The van der Waals surface area contributed by atoms with Gasteiger partial charge >= 0.3 is 0 Å². The molecule has 0 aliphatic heterocycles. The Labute approximate surface area is 198 Å². The summed E-state index contributed by atoms with van der Waals surface area (Å²) in [6.45, 7) is 2.11. The molecule has 168 valence electrons. The van der Waals surface area contributed by atoms with Gasteiger partial charge in [-0.2, -0.15) is 5.26 Å². The molecule has 6 nitrogen and oxygen atoms in total. The number of para-hydroxylation sites is 3. The predicted molar refractivity (Wildman–Crippen MR) is 135 cm³/mol. The number of carbonyl (C=O) groups is 2. The maximum atomic E-state index is 12.9. The smallest absolute Gasteiger partial charge is 0.266 e. The minimum Gasteiger partial charge on any atom is -0.337 e. The van der Waals surface area contributed by atoms with Gasteiger partial charge in [0.15, 0.2) is 0 Å². The lowest BCUT2D eigenvalue weighted by Crippen LogP contribution is -2.18. The summed E-state index contributed by atoms with van der Waals surface area (Å²) in [7, 11) is 0. The second kappa shape index (κ2) is 10.3. The number of nitriles is 1. The molecule has 6 heteroatoms. The number of hydrogen-bond acceptors (Lipinski definition) is 3. The van der Waals surface area contributed by atoms with E-state index in [1.807, 2.05) is 96.4 Å². The van der Waals surface area contributed by atoms with Gasteiger partial charge in [-0.25, -0.2) is 0 Å². The molecule has 0 atom stereocenters. The Kier molecular flexibility index (Phi) is 6.85. The van der Waals surface area contributed by atoms with E-state index in [4.69, 9.17) is 0 Å². The average molecular weight is 449 g/mol. The second-order valence-corrected chi connectivity index (χ2v) is 7.78. The van der Waals surface area contributed by atoms with E-state index in [-0.39, 0.29) is 18.0 Å². The van der Waals surface area contributed by atoms with Gasteiger partial charge in [0, 0.05) is 34.0 Å². The number of aryl methyl sites for hydroxylation is 1. The summed E-state index contributed by atoms with van der Waals surface area (Å²) in [6.07, 6.45) is 4.12. The highest BCUT2D eigenvalue weighted by molar-refractivity contribution is 6.11. The molecule has 0 aliphatic rings. The van der Waals surface area contributed by atoms with Gasteiger partial charge in [0.05, 0.1) is 0 Å². The Balaban J connectivity index is 1.61. The summed E-state index contributed by atoms with van der Waals surface area (Å²) in [5.41, 5.74) is 3.93. The minimum atomic E-state index is -0.470. The topological polar surface area (TPSA) is 86.9 Å². The first kappa shape index (κ1) is 22.6. The van der Waals surface area contributed by atoms with E-state index >= 15 is 0 Å². The van der Waals surface area contributed by atoms with Crippen LogP contribution < -0.4 is 10.6 Å². The quantitative estimate of drug-likeness (QED) is 0.294. The summed E-state index contributed by atoms with van der Waals surface area (Å²) in [5, 5.41) is 16.3. The van der Waals surface area contributed by atoms with Gasteiger partial charge in [-0.05, 0) is 42.3 Å². The van der Waals surface area contributed by atoms with Crippen molar-refractivity contribution in [3.8, 4) is 6.07 Å². The number of fused-ring (bicyclic) bond motifs is 1. The van der Waals surface area contributed by atoms with E-state index < -0.39 is 5.91 Å². The molecule has 0 spiro atoms. The molecule has 34 heavy (non-hydrogen) atoms. The van der Waals surface area contributed by atoms with Crippen molar-refractivity contribution in [1.29, 1.82) is 5.26 Å². The molecule has 0 fully saturated rings. The van der Waals surface area contributed by atoms with Gasteiger partial charge in [-0.3, -0.25) is 9.59 Å². The number of anilines is 2. The van der Waals surface area contributed by atoms with Crippen LogP contribution in [0.3, 0.4) is 0 Å². The Hall–Kier alpha value is -4.63. The zero-order valence-corrected chi connectivity index (χ0v) is 18.8. The van der Waals surface area contributed by atoms with Crippen LogP contribution >= 0.6 is 0 Å². The Morgan fingerprint density at radius 2 is 1.65 bits per heavy atom. The molecule has 1 heterocycles. The lowest BCUT2D eigenvalue weighted by molar-refractivity contribution is -0.116. The van der Waals surface area contributed by atoms with Gasteiger partial charge in [0.25, 0.3) is 5.91 Å². The van der Waals surface area contributed by atoms with Crippen LogP contribution in [-0.4, -0.2) is 16.4 Å². The van der Waals surface area contributed by atoms with Crippen molar-refractivity contribution in [2.24, 2.45) is 0 Å². The van der Waals surface area contributed by atoms with E-state index in [1.165, 1.54) is 0 Å². The van der Waals surface area contributed by atoms with Crippen LogP contribution in [0.5, 0.6) is 0 Å². The summed E-state index contributed by atoms with van der Waals surface area (Å²) >= 11 is 0. The van der Waals surface area contributed by atoms with Gasteiger partial charge < -0.3 is 15.2 Å². The number of nitrogens with one attached hydrogen (secondary N) is 2. The number of benzene rings is 3. The number of nitrogens with zero attached hydrogens (tertiary/aromatic N) is 2. The minimum absolute atomic E-state index is 0.0115. The molecular formula is C28H24N4O2. The largest absolute Gasteiger partial charge is 0.337 e. The van der Waals surface area contributed by atoms with E-state index in [2.05, 4.69) is 10.6 Å². The van der Waals surface area contributed by atoms with Crippen molar-refractivity contribution in [3.63, 3.8) is 0 Å². The third-order valence-corrected chi connectivity index (χ3v) is 5.50. The first-order valence-electron chi connectivity index (χ1n) is 11.0. The molecule has 0 bridgehead atoms. The summed E-state index contributed by atoms with van der Waals surface area (Å²) in [5.74, 6) is -0.640. The number of hydrogen-bond donors (Lipinski definition) is 2. The molecule has 1 aromatic heterocycles. The van der Waals surface area contributed by atoms with E-state index in [0.29, 0.717) is 11.3 Å². The van der Waals surface area contributed by atoms with Crippen molar-refractivity contribution in [2.45, 2.75) is 19.9 Å². The summed E-state index contributed by atoms with van der Waals surface area (Å²) in [4.78, 5) is 25.5. The fourth-order valence-corrected chi connectivity index (χ4v) is 3.84. The SMILES string of the molecule is CCc1ccccc1NC(=O)/C(C#N)=C\c1cn(CC(=O)Nc2ccccc2)c2ccccc12. The van der Waals surface area contributed by atoms with Crippen LogP contribution in [0.15, 0.2) is 90.6 Å². The molecule has 3 aromatic carbocycles. The van der Waals surface area contributed by atoms with Crippen molar-refractivity contribution in [3.05, 3.63) is 102 Å².